The molecule has 0 bridgehead atoms. The van der Waals surface area contributed by atoms with E-state index in [0.29, 0.717) is 6.10 Å². The quantitative estimate of drug-likeness (QED) is 0.0504. The smallest absolute Gasteiger partial charge is 0.0810 e. The zero-order valence-corrected chi connectivity index (χ0v) is 30.4. The van der Waals surface area contributed by atoms with Crippen LogP contribution in [0.3, 0.4) is 0 Å². The third-order valence-electron chi connectivity index (χ3n) is 10.5. The fourth-order valence-corrected chi connectivity index (χ4v) is 7.26. The summed E-state index contributed by atoms with van der Waals surface area (Å²) in [5, 5.41) is 0. The highest BCUT2D eigenvalue weighted by molar-refractivity contribution is 4.68. The third kappa shape index (κ3) is 33.1. The molecule has 0 N–H and O–H groups in total. The molecule has 0 radical (unpaired) electrons. The summed E-state index contributed by atoms with van der Waals surface area (Å²) >= 11 is 0. The minimum atomic E-state index is 0.641. The van der Waals surface area contributed by atoms with Crippen LogP contribution in [0.4, 0.5) is 0 Å². The molecule has 1 fully saturated rings. The van der Waals surface area contributed by atoms with Crippen molar-refractivity contribution in [3.63, 3.8) is 0 Å². The third-order valence-corrected chi connectivity index (χ3v) is 10.5. The first kappa shape index (κ1) is 41.0. The van der Waals surface area contributed by atoms with Gasteiger partial charge in [0.25, 0.3) is 0 Å². The van der Waals surface area contributed by atoms with Crippen LogP contribution in [-0.4, -0.2) is 12.7 Å². The minimum Gasteiger partial charge on any atom is -0.373 e. The summed E-state index contributed by atoms with van der Waals surface area (Å²) in [4.78, 5) is 0. The number of ether oxygens (including phenoxy) is 1. The fourth-order valence-electron chi connectivity index (χ4n) is 7.26. The van der Waals surface area contributed by atoms with Crippen LogP contribution in [0.15, 0.2) is 0 Å². The predicted molar refractivity (Wildman–Crippen MR) is 195 cm³/mol. The molecule has 2 unspecified atom stereocenters. The van der Waals surface area contributed by atoms with Gasteiger partial charge in [-0.3, -0.25) is 0 Å². The van der Waals surface area contributed by atoms with E-state index in [2.05, 4.69) is 13.8 Å². The molecule has 43 heavy (non-hydrogen) atoms. The Bertz CT molecular complexity index is 497. The summed E-state index contributed by atoms with van der Waals surface area (Å²) in [6.45, 7) is 5.68. The Morgan fingerprint density at radius 3 is 0.837 bits per heavy atom. The predicted octanol–water partition coefficient (Wildman–Crippen LogP) is 15.5. The normalized spacial score (nSPS) is 15.3. The molecule has 1 nitrogen and oxygen atoms in total. The van der Waals surface area contributed by atoms with Crippen LogP contribution >= 0.6 is 0 Å². The van der Waals surface area contributed by atoms with Gasteiger partial charge in [-0.2, -0.15) is 0 Å². The van der Waals surface area contributed by atoms with Crippen LogP contribution in [-0.2, 0) is 4.74 Å². The molecule has 1 heterocycles. The Balaban J connectivity index is 2.02. The molecule has 0 aromatic rings. The van der Waals surface area contributed by atoms with Crippen molar-refractivity contribution in [2.75, 3.05) is 6.61 Å². The van der Waals surface area contributed by atoms with Gasteiger partial charge in [0.1, 0.15) is 0 Å². The van der Waals surface area contributed by atoms with E-state index < -0.39 is 0 Å². The second-order valence-electron chi connectivity index (χ2n) is 14.9. The lowest BCUT2D eigenvalue weighted by atomic mass is 9.89. The van der Waals surface area contributed by atoms with Crippen LogP contribution < -0.4 is 0 Å². The van der Waals surface area contributed by atoms with Gasteiger partial charge in [-0.1, -0.05) is 245 Å². The number of hydrogen-bond acceptors (Lipinski definition) is 1. The van der Waals surface area contributed by atoms with E-state index >= 15 is 0 Å². The van der Waals surface area contributed by atoms with E-state index in [1.807, 2.05) is 0 Å². The summed E-state index contributed by atoms with van der Waals surface area (Å²) in [6, 6.07) is 0. The molecule has 0 saturated carbocycles. The summed E-state index contributed by atoms with van der Waals surface area (Å²) in [7, 11) is 0. The zero-order chi connectivity index (χ0) is 30.7. The molecule has 0 spiro atoms. The van der Waals surface area contributed by atoms with Crippen LogP contribution in [0.5, 0.6) is 0 Å². The average molecular weight is 605 g/mol. The van der Waals surface area contributed by atoms with Crippen molar-refractivity contribution in [3.8, 4) is 0 Å². The van der Waals surface area contributed by atoms with E-state index in [0.717, 1.165) is 12.5 Å². The Hall–Kier alpha value is -0.0400. The molecule has 1 rings (SSSR count). The Labute approximate surface area is 274 Å². The molecule has 1 aliphatic rings. The van der Waals surface area contributed by atoms with Crippen molar-refractivity contribution in [1.29, 1.82) is 0 Å². The molecular weight excluding hydrogens is 520 g/mol. The van der Waals surface area contributed by atoms with E-state index in [9.17, 15) is 0 Å². The van der Waals surface area contributed by atoms with E-state index in [1.54, 1.807) is 0 Å². The lowest BCUT2D eigenvalue weighted by Crippen LogP contribution is -2.01. The van der Waals surface area contributed by atoms with Gasteiger partial charge in [-0.25, -0.2) is 0 Å². The number of epoxide rings is 1. The monoisotopic (exact) mass is 605 g/mol. The average Bonchev–Trinajstić information content (AvgIpc) is 3.85. The van der Waals surface area contributed by atoms with Crippen molar-refractivity contribution in [2.45, 2.75) is 258 Å². The van der Waals surface area contributed by atoms with Crippen molar-refractivity contribution in [2.24, 2.45) is 5.92 Å². The van der Waals surface area contributed by atoms with Gasteiger partial charge in [-0.05, 0) is 12.3 Å². The Kier molecular flexibility index (Phi) is 33.2. The van der Waals surface area contributed by atoms with E-state index in [4.69, 9.17) is 4.74 Å². The largest absolute Gasteiger partial charge is 0.373 e. The standard InChI is InChI=1S/C42H84O/c1-3-5-7-9-11-13-15-17-18-20-22-25-29-33-37-41(38-34-30-26-23-27-31-35-39-42-40-43-42)36-32-28-24-21-19-16-14-12-10-8-6-4-2/h41-42H,3-40H2,1-2H3. The van der Waals surface area contributed by atoms with Gasteiger partial charge in [0.2, 0.25) is 0 Å². The Morgan fingerprint density at radius 2 is 0.581 bits per heavy atom. The number of rotatable bonds is 38. The minimum absolute atomic E-state index is 0.641. The lowest BCUT2D eigenvalue weighted by Gasteiger charge is -2.17. The lowest BCUT2D eigenvalue weighted by molar-refractivity contribution is 0.364. The second-order valence-corrected chi connectivity index (χ2v) is 14.9. The van der Waals surface area contributed by atoms with E-state index in [1.165, 1.54) is 238 Å². The Morgan fingerprint density at radius 1 is 0.349 bits per heavy atom. The molecule has 0 aliphatic carbocycles. The van der Waals surface area contributed by atoms with Gasteiger partial charge in [0.05, 0.1) is 12.7 Å². The van der Waals surface area contributed by atoms with Gasteiger partial charge in [0, 0.05) is 0 Å². The first-order valence-corrected chi connectivity index (χ1v) is 21.0. The molecule has 0 aromatic carbocycles. The van der Waals surface area contributed by atoms with Gasteiger partial charge in [-0.15, -0.1) is 0 Å². The molecule has 2 atom stereocenters. The van der Waals surface area contributed by atoms with Crippen molar-refractivity contribution in [1.82, 2.24) is 0 Å². The second kappa shape index (κ2) is 34.8. The highest BCUT2D eigenvalue weighted by Gasteiger charge is 2.20. The number of unbranched alkanes of at least 4 members (excludes halogenated alkanes) is 30. The first-order valence-electron chi connectivity index (χ1n) is 21.0. The van der Waals surface area contributed by atoms with Crippen LogP contribution in [0, 0.1) is 5.92 Å². The topological polar surface area (TPSA) is 12.5 Å². The molecular formula is C42H84O. The maximum Gasteiger partial charge on any atom is 0.0810 e. The van der Waals surface area contributed by atoms with Gasteiger partial charge >= 0.3 is 0 Å². The molecule has 1 saturated heterocycles. The highest BCUT2D eigenvalue weighted by Crippen LogP contribution is 2.25. The molecule has 0 amide bonds. The maximum absolute atomic E-state index is 5.35. The summed E-state index contributed by atoms with van der Waals surface area (Å²) < 4.78 is 5.35. The fraction of sp³-hybridized carbons (Fsp3) is 1.00. The maximum atomic E-state index is 5.35. The van der Waals surface area contributed by atoms with Crippen molar-refractivity contribution < 1.29 is 4.74 Å². The first-order chi connectivity index (χ1) is 21.4. The van der Waals surface area contributed by atoms with Crippen LogP contribution in [0.25, 0.3) is 0 Å². The number of hydrogen-bond donors (Lipinski definition) is 0. The summed E-state index contributed by atoms with van der Waals surface area (Å²) in [5.74, 6) is 1.03. The van der Waals surface area contributed by atoms with Gasteiger partial charge in [0.15, 0.2) is 0 Å². The van der Waals surface area contributed by atoms with Gasteiger partial charge < -0.3 is 4.74 Å². The molecule has 1 aliphatic heterocycles. The van der Waals surface area contributed by atoms with E-state index in [-0.39, 0.29) is 0 Å². The SMILES string of the molecule is CCCCCCCCCCCCCCCCC(CCCCCCCCCCCCCC)CCCCCCCCCC1CO1. The highest BCUT2D eigenvalue weighted by atomic mass is 16.6. The van der Waals surface area contributed by atoms with Crippen molar-refractivity contribution in [3.05, 3.63) is 0 Å². The van der Waals surface area contributed by atoms with Crippen LogP contribution in [0.1, 0.15) is 251 Å². The zero-order valence-electron chi connectivity index (χ0n) is 30.4. The summed E-state index contributed by atoms with van der Waals surface area (Å²) in [5.41, 5.74) is 0. The van der Waals surface area contributed by atoms with Crippen molar-refractivity contribution >= 4 is 0 Å². The summed E-state index contributed by atoms with van der Waals surface area (Å²) in [6.07, 6.45) is 55.1. The molecule has 1 heteroatoms. The van der Waals surface area contributed by atoms with Crippen LogP contribution in [0.2, 0.25) is 0 Å². The molecule has 258 valence electrons. The molecule has 0 aromatic heterocycles.